The van der Waals surface area contributed by atoms with Gasteiger partial charge in [-0.15, -0.1) is 11.6 Å². The van der Waals surface area contributed by atoms with Crippen LogP contribution in [-0.4, -0.2) is 22.1 Å². The van der Waals surface area contributed by atoms with Gasteiger partial charge >= 0.3 is 5.69 Å². The number of para-hydroxylation sites is 1. The molecule has 0 atom stereocenters. The summed E-state index contributed by atoms with van der Waals surface area (Å²) in [4.78, 5) is 25.9. The Kier molecular flexibility index (Phi) is 5.78. The number of ether oxygens (including phenoxy) is 1. The van der Waals surface area contributed by atoms with E-state index in [0.717, 1.165) is 24.2 Å². The number of benzene rings is 2. The quantitative estimate of drug-likeness (QED) is 0.472. The Balaban J connectivity index is 2.08. The minimum Gasteiger partial charge on any atom is -0.497 e. The van der Waals surface area contributed by atoms with Gasteiger partial charge in [-0.3, -0.25) is 13.9 Å². The van der Waals surface area contributed by atoms with Crippen molar-refractivity contribution in [1.82, 2.24) is 9.13 Å². The Hall–Kier alpha value is -2.53. The standard InChI is InChI=1S/C20H21ClN2O3/c1-26-16-10-8-15(9-11-16)14-23-19(24)17-6-2-3-7-18(17)22(20(23)25)13-5-4-12-21/h2-3,6-11H,4-5,12-14H2,1H3. The zero-order chi connectivity index (χ0) is 18.5. The van der Waals surface area contributed by atoms with E-state index in [4.69, 9.17) is 16.3 Å². The molecule has 136 valence electrons. The number of fused-ring (bicyclic) bond motifs is 1. The molecule has 3 aromatic rings. The highest BCUT2D eigenvalue weighted by molar-refractivity contribution is 6.17. The Morgan fingerprint density at radius 3 is 2.38 bits per heavy atom. The number of aryl methyl sites for hydroxylation is 1. The van der Waals surface area contributed by atoms with E-state index < -0.39 is 0 Å². The van der Waals surface area contributed by atoms with Gasteiger partial charge < -0.3 is 4.74 Å². The Bertz CT molecular complexity index is 1010. The van der Waals surface area contributed by atoms with Crippen LogP contribution in [0.4, 0.5) is 0 Å². The van der Waals surface area contributed by atoms with Gasteiger partial charge in [-0.25, -0.2) is 4.79 Å². The molecule has 2 aromatic carbocycles. The second-order valence-corrected chi connectivity index (χ2v) is 6.46. The van der Waals surface area contributed by atoms with Crippen molar-refractivity contribution in [3.8, 4) is 5.75 Å². The molecule has 0 aliphatic carbocycles. The van der Waals surface area contributed by atoms with Gasteiger partial charge in [-0.1, -0.05) is 24.3 Å². The van der Waals surface area contributed by atoms with E-state index in [1.807, 2.05) is 42.5 Å². The van der Waals surface area contributed by atoms with Crippen molar-refractivity contribution in [3.05, 3.63) is 74.9 Å². The summed E-state index contributed by atoms with van der Waals surface area (Å²) >= 11 is 5.76. The van der Waals surface area contributed by atoms with E-state index in [0.29, 0.717) is 23.3 Å². The van der Waals surface area contributed by atoms with Crippen molar-refractivity contribution in [3.63, 3.8) is 0 Å². The van der Waals surface area contributed by atoms with Crippen LogP contribution in [0.2, 0.25) is 0 Å². The van der Waals surface area contributed by atoms with Crippen LogP contribution in [-0.2, 0) is 13.1 Å². The van der Waals surface area contributed by atoms with E-state index >= 15 is 0 Å². The number of aromatic nitrogens is 2. The zero-order valence-corrected chi connectivity index (χ0v) is 15.4. The molecular weight excluding hydrogens is 352 g/mol. The average Bonchev–Trinajstić information content (AvgIpc) is 2.68. The Morgan fingerprint density at radius 2 is 1.69 bits per heavy atom. The second-order valence-electron chi connectivity index (χ2n) is 6.09. The average molecular weight is 373 g/mol. The molecule has 3 rings (SSSR count). The second kappa shape index (κ2) is 8.23. The van der Waals surface area contributed by atoms with E-state index in [-0.39, 0.29) is 17.8 Å². The molecule has 0 fully saturated rings. The number of halogens is 1. The number of nitrogens with zero attached hydrogens (tertiary/aromatic N) is 2. The monoisotopic (exact) mass is 372 g/mol. The molecule has 0 saturated carbocycles. The molecule has 1 heterocycles. The topological polar surface area (TPSA) is 53.2 Å². The highest BCUT2D eigenvalue weighted by atomic mass is 35.5. The van der Waals surface area contributed by atoms with Crippen molar-refractivity contribution < 1.29 is 4.74 Å². The van der Waals surface area contributed by atoms with Gasteiger partial charge in [0, 0.05) is 12.4 Å². The normalized spacial score (nSPS) is 11.0. The van der Waals surface area contributed by atoms with Crippen molar-refractivity contribution in [2.75, 3.05) is 13.0 Å². The van der Waals surface area contributed by atoms with Crippen LogP contribution in [0.25, 0.3) is 10.9 Å². The summed E-state index contributed by atoms with van der Waals surface area (Å²) < 4.78 is 8.12. The van der Waals surface area contributed by atoms with Gasteiger partial charge in [-0.05, 0) is 42.7 Å². The van der Waals surface area contributed by atoms with Gasteiger partial charge in [0.15, 0.2) is 0 Å². The molecule has 0 N–H and O–H groups in total. The fraction of sp³-hybridized carbons (Fsp3) is 0.300. The molecule has 0 saturated heterocycles. The summed E-state index contributed by atoms with van der Waals surface area (Å²) in [6.07, 6.45) is 1.61. The van der Waals surface area contributed by atoms with Gasteiger partial charge in [0.1, 0.15) is 5.75 Å². The molecule has 0 radical (unpaired) electrons. The van der Waals surface area contributed by atoms with E-state index in [9.17, 15) is 9.59 Å². The molecular formula is C20H21ClN2O3. The van der Waals surface area contributed by atoms with Crippen LogP contribution in [0.1, 0.15) is 18.4 Å². The summed E-state index contributed by atoms with van der Waals surface area (Å²) in [7, 11) is 1.60. The smallest absolute Gasteiger partial charge is 0.331 e. The van der Waals surface area contributed by atoms with Crippen LogP contribution in [0.3, 0.4) is 0 Å². The van der Waals surface area contributed by atoms with Gasteiger partial charge in [0.05, 0.1) is 24.6 Å². The Morgan fingerprint density at radius 1 is 0.962 bits per heavy atom. The first-order chi connectivity index (χ1) is 12.7. The first-order valence-corrected chi connectivity index (χ1v) is 9.10. The van der Waals surface area contributed by atoms with Gasteiger partial charge in [0.2, 0.25) is 0 Å². The maximum Gasteiger partial charge on any atom is 0.331 e. The maximum atomic E-state index is 13.0. The van der Waals surface area contributed by atoms with E-state index in [1.54, 1.807) is 17.7 Å². The molecule has 0 amide bonds. The van der Waals surface area contributed by atoms with Crippen molar-refractivity contribution in [2.45, 2.75) is 25.9 Å². The third-order valence-electron chi connectivity index (χ3n) is 4.40. The number of hydrogen-bond donors (Lipinski definition) is 0. The third kappa shape index (κ3) is 3.68. The highest BCUT2D eigenvalue weighted by Crippen LogP contribution is 2.13. The fourth-order valence-corrected chi connectivity index (χ4v) is 3.19. The number of rotatable bonds is 7. The van der Waals surface area contributed by atoms with E-state index in [1.165, 1.54) is 4.57 Å². The van der Waals surface area contributed by atoms with Crippen molar-refractivity contribution >= 4 is 22.5 Å². The fourth-order valence-electron chi connectivity index (χ4n) is 3.00. The Labute approximate surface area is 156 Å². The number of unbranched alkanes of at least 4 members (excludes halogenated alkanes) is 1. The molecule has 5 nitrogen and oxygen atoms in total. The molecule has 0 bridgehead atoms. The minimum atomic E-state index is -0.293. The molecule has 0 unspecified atom stereocenters. The first-order valence-electron chi connectivity index (χ1n) is 8.57. The lowest BCUT2D eigenvalue weighted by Crippen LogP contribution is -2.40. The summed E-state index contributed by atoms with van der Waals surface area (Å²) in [5.74, 6) is 1.29. The first kappa shape index (κ1) is 18.3. The highest BCUT2D eigenvalue weighted by Gasteiger charge is 2.13. The summed E-state index contributed by atoms with van der Waals surface area (Å²) in [5.41, 5.74) is 0.977. The van der Waals surface area contributed by atoms with Crippen LogP contribution in [0, 0.1) is 0 Å². The van der Waals surface area contributed by atoms with Crippen LogP contribution in [0.15, 0.2) is 58.1 Å². The summed E-state index contributed by atoms with van der Waals surface area (Å²) in [6, 6.07) is 14.6. The SMILES string of the molecule is COc1ccc(Cn2c(=O)c3ccccc3n(CCCCCl)c2=O)cc1. The minimum absolute atomic E-state index is 0.224. The molecule has 0 aliphatic rings. The number of hydrogen-bond acceptors (Lipinski definition) is 3. The lowest BCUT2D eigenvalue weighted by atomic mass is 10.2. The maximum absolute atomic E-state index is 13.0. The molecule has 1 aromatic heterocycles. The third-order valence-corrected chi connectivity index (χ3v) is 4.66. The van der Waals surface area contributed by atoms with Gasteiger partial charge in [0.25, 0.3) is 5.56 Å². The van der Waals surface area contributed by atoms with E-state index in [2.05, 4.69) is 0 Å². The van der Waals surface area contributed by atoms with Crippen LogP contribution < -0.4 is 16.0 Å². The number of methoxy groups -OCH3 is 1. The molecule has 0 spiro atoms. The predicted molar refractivity (Wildman–Crippen MR) is 105 cm³/mol. The van der Waals surface area contributed by atoms with Crippen molar-refractivity contribution in [2.24, 2.45) is 0 Å². The summed E-state index contributed by atoms with van der Waals surface area (Å²) in [6.45, 7) is 0.761. The predicted octanol–water partition coefficient (Wildman–Crippen LogP) is 3.24. The largest absolute Gasteiger partial charge is 0.497 e. The van der Waals surface area contributed by atoms with Crippen LogP contribution in [0.5, 0.6) is 5.75 Å². The van der Waals surface area contributed by atoms with Gasteiger partial charge in [-0.2, -0.15) is 0 Å². The zero-order valence-electron chi connectivity index (χ0n) is 14.7. The van der Waals surface area contributed by atoms with Crippen molar-refractivity contribution in [1.29, 1.82) is 0 Å². The number of alkyl halides is 1. The molecule has 0 aliphatic heterocycles. The molecule has 6 heteroatoms. The lowest BCUT2D eigenvalue weighted by molar-refractivity contribution is 0.414. The lowest BCUT2D eigenvalue weighted by Gasteiger charge is -2.14. The van der Waals surface area contributed by atoms with Crippen LogP contribution >= 0.6 is 11.6 Å². The summed E-state index contributed by atoms with van der Waals surface area (Å²) in [5, 5.41) is 0.548. The molecule has 26 heavy (non-hydrogen) atoms.